The Morgan fingerprint density at radius 3 is 2.79 bits per heavy atom. The number of ether oxygens (including phenoxy) is 1. The zero-order chi connectivity index (χ0) is 17.7. The maximum atomic E-state index is 12.9. The fraction of sp³-hybridized carbons (Fsp3) is 0.429. The van der Waals surface area contributed by atoms with Gasteiger partial charge in [0.2, 0.25) is 0 Å². The summed E-state index contributed by atoms with van der Waals surface area (Å²) in [6.07, 6.45) is 0.518. The number of benzene rings is 1. The summed E-state index contributed by atoms with van der Waals surface area (Å²) in [6, 6.07) is 3.49. The average molecular weight is 396 g/mol. The van der Waals surface area contributed by atoms with E-state index in [0.29, 0.717) is 6.42 Å². The number of hydrogen-bond donors (Lipinski definition) is 1. The van der Waals surface area contributed by atoms with Crippen molar-refractivity contribution in [2.45, 2.75) is 11.7 Å². The van der Waals surface area contributed by atoms with Gasteiger partial charge in [0, 0.05) is 5.25 Å². The number of esters is 1. The second kappa shape index (κ2) is 8.17. The molecule has 0 unspecified atom stereocenters. The zero-order valence-electron chi connectivity index (χ0n) is 12.5. The van der Waals surface area contributed by atoms with Gasteiger partial charge in [-0.1, -0.05) is 11.6 Å². The number of anilines is 1. The van der Waals surface area contributed by atoms with Crippen LogP contribution in [0, 0.1) is 5.82 Å². The van der Waals surface area contributed by atoms with Gasteiger partial charge in [0.25, 0.3) is 5.91 Å². The summed E-state index contributed by atoms with van der Waals surface area (Å²) in [7, 11) is -2.99. The summed E-state index contributed by atoms with van der Waals surface area (Å²) in [5.41, 5.74) is 0.213. The van der Waals surface area contributed by atoms with Crippen LogP contribution in [0.15, 0.2) is 18.2 Å². The molecular formula is C14H15ClFNO5S2. The standard InChI is InChI=1S/C14H15ClFNO5S2/c15-11-5-9(16)1-2-12(11)17-13(18)6-22-14(19)7-23-10-3-4-24(20,21)8-10/h1-2,5,10H,3-4,6-8H2,(H,17,18)/t10-/m0/s1. The maximum Gasteiger partial charge on any atom is 0.316 e. The highest BCUT2D eigenvalue weighted by Crippen LogP contribution is 2.24. The quantitative estimate of drug-likeness (QED) is 0.740. The molecule has 1 aromatic carbocycles. The van der Waals surface area contributed by atoms with Gasteiger partial charge in [0.1, 0.15) is 5.82 Å². The Morgan fingerprint density at radius 1 is 1.42 bits per heavy atom. The van der Waals surface area contributed by atoms with Crippen molar-refractivity contribution >= 4 is 50.8 Å². The van der Waals surface area contributed by atoms with Crippen LogP contribution in [0.3, 0.4) is 0 Å². The molecule has 10 heteroatoms. The molecule has 6 nitrogen and oxygen atoms in total. The van der Waals surface area contributed by atoms with E-state index in [1.54, 1.807) is 0 Å². The third kappa shape index (κ3) is 5.95. The molecular weight excluding hydrogens is 381 g/mol. The van der Waals surface area contributed by atoms with Crippen LogP contribution in [0.4, 0.5) is 10.1 Å². The van der Waals surface area contributed by atoms with E-state index in [4.69, 9.17) is 16.3 Å². The van der Waals surface area contributed by atoms with E-state index in [2.05, 4.69) is 5.32 Å². The minimum absolute atomic E-state index is 0.0230. The van der Waals surface area contributed by atoms with Gasteiger partial charge < -0.3 is 10.1 Å². The first-order chi connectivity index (χ1) is 11.2. The van der Waals surface area contributed by atoms with Gasteiger partial charge in [0.05, 0.1) is 28.0 Å². The lowest BCUT2D eigenvalue weighted by Crippen LogP contribution is -2.22. The molecule has 1 fully saturated rings. The van der Waals surface area contributed by atoms with Gasteiger partial charge in [-0.3, -0.25) is 9.59 Å². The minimum Gasteiger partial charge on any atom is -0.455 e. The molecule has 1 saturated heterocycles. The summed E-state index contributed by atoms with van der Waals surface area (Å²) >= 11 is 6.97. The van der Waals surface area contributed by atoms with Crippen molar-refractivity contribution in [3.05, 3.63) is 29.0 Å². The number of carbonyl (C=O) groups excluding carboxylic acids is 2. The number of thioether (sulfide) groups is 1. The van der Waals surface area contributed by atoms with E-state index in [1.807, 2.05) is 0 Å². The molecule has 0 saturated carbocycles. The zero-order valence-corrected chi connectivity index (χ0v) is 14.8. The third-order valence-electron chi connectivity index (χ3n) is 3.20. The molecule has 1 amide bonds. The molecule has 1 aliphatic rings. The van der Waals surface area contributed by atoms with Gasteiger partial charge >= 0.3 is 5.97 Å². The van der Waals surface area contributed by atoms with E-state index in [9.17, 15) is 22.4 Å². The van der Waals surface area contributed by atoms with E-state index >= 15 is 0 Å². The number of hydrogen-bond acceptors (Lipinski definition) is 6. The molecule has 0 aliphatic carbocycles. The summed E-state index contributed by atoms with van der Waals surface area (Å²) < 4.78 is 40.3. The summed E-state index contributed by atoms with van der Waals surface area (Å²) in [5.74, 6) is -1.56. The molecule has 1 heterocycles. The van der Waals surface area contributed by atoms with E-state index in [-0.39, 0.29) is 33.2 Å². The molecule has 2 rings (SSSR count). The Labute approximate surface area is 148 Å². The molecule has 1 N–H and O–H groups in total. The van der Waals surface area contributed by atoms with Crippen molar-refractivity contribution in [2.75, 3.05) is 29.2 Å². The van der Waals surface area contributed by atoms with Crippen LogP contribution in [0.1, 0.15) is 6.42 Å². The number of halogens is 2. The monoisotopic (exact) mass is 395 g/mol. The van der Waals surface area contributed by atoms with Crippen molar-refractivity contribution in [1.82, 2.24) is 0 Å². The number of rotatable bonds is 6. The molecule has 1 aromatic rings. The lowest BCUT2D eigenvalue weighted by molar-refractivity contribution is -0.144. The number of nitrogens with one attached hydrogen (secondary N) is 1. The van der Waals surface area contributed by atoms with Crippen molar-refractivity contribution in [1.29, 1.82) is 0 Å². The second-order valence-electron chi connectivity index (χ2n) is 5.17. The fourth-order valence-electron chi connectivity index (χ4n) is 2.04. The SMILES string of the molecule is O=C(COC(=O)CS[C@H]1CCS(=O)(=O)C1)Nc1ccc(F)cc1Cl. The predicted octanol–water partition coefficient (Wildman–Crippen LogP) is 1.88. The van der Waals surface area contributed by atoms with Crippen molar-refractivity contribution in [2.24, 2.45) is 0 Å². The van der Waals surface area contributed by atoms with Gasteiger partial charge in [-0.15, -0.1) is 11.8 Å². The highest BCUT2D eigenvalue weighted by atomic mass is 35.5. The van der Waals surface area contributed by atoms with E-state index in [0.717, 1.165) is 12.1 Å². The largest absolute Gasteiger partial charge is 0.455 e. The van der Waals surface area contributed by atoms with Gasteiger partial charge in [0.15, 0.2) is 16.4 Å². The highest BCUT2D eigenvalue weighted by Gasteiger charge is 2.28. The molecule has 0 bridgehead atoms. The number of sulfone groups is 1. The molecule has 24 heavy (non-hydrogen) atoms. The van der Waals surface area contributed by atoms with Gasteiger partial charge in [-0.05, 0) is 24.6 Å². The number of carbonyl (C=O) groups is 2. The minimum atomic E-state index is -2.99. The molecule has 0 aromatic heterocycles. The molecule has 132 valence electrons. The van der Waals surface area contributed by atoms with Crippen LogP contribution < -0.4 is 5.32 Å². The Bertz CT molecular complexity index is 741. The van der Waals surface area contributed by atoms with Crippen LogP contribution in [0.25, 0.3) is 0 Å². The molecule has 1 aliphatic heterocycles. The average Bonchev–Trinajstić information content (AvgIpc) is 2.85. The van der Waals surface area contributed by atoms with E-state index < -0.39 is 34.1 Å². The Kier molecular flexibility index (Phi) is 6.47. The maximum absolute atomic E-state index is 12.9. The van der Waals surface area contributed by atoms with Crippen LogP contribution in [0.2, 0.25) is 5.02 Å². The van der Waals surface area contributed by atoms with Crippen molar-refractivity contribution in [3.63, 3.8) is 0 Å². The van der Waals surface area contributed by atoms with Gasteiger partial charge in [-0.2, -0.15) is 0 Å². The number of amides is 1. The van der Waals surface area contributed by atoms with Gasteiger partial charge in [-0.25, -0.2) is 12.8 Å². The Balaban J connectivity index is 1.70. The molecule has 1 atom stereocenters. The first-order valence-electron chi connectivity index (χ1n) is 6.98. The van der Waals surface area contributed by atoms with Crippen molar-refractivity contribution in [3.8, 4) is 0 Å². The van der Waals surface area contributed by atoms with Crippen LogP contribution in [0.5, 0.6) is 0 Å². The lowest BCUT2D eigenvalue weighted by atomic mass is 10.3. The summed E-state index contributed by atoms with van der Waals surface area (Å²) in [6.45, 7) is -0.504. The fourth-order valence-corrected chi connectivity index (χ4v) is 5.70. The third-order valence-corrected chi connectivity index (χ3v) is 6.76. The first kappa shape index (κ1) is 19.0. The van der Waals surface area contributed by atoms with Crippen LogP contribution in [-0.2, 0) is 24.2 Å². The van der Waals surface area contributed by atoms with Crippen LogP contribution >= 0.6 is 23.4 Å². The van der Waals surface area contributed by atoms with Crippen molar-refractivity contribution < 1.29 is 27.1 Å². The van der Waals surface area contributed by atoms with E-state index in [1.165, 1.54) is 17.8 Å². The lowest BCUT2D eigenvalue weighted by Gasteiger charge is -2.09. The highest BCUT2D eigenvalue weighted by molar-refractivity contribution is 8.02. The Hall–Kier alpha value is -1.32. The predicted molar refractivity (Wildman–Crippen MR) is 90.5 cm³/mol. The second-order valence-corrected chi connectivity index (χ2v) is 9.09. The summed E-state index contributed by atoms with van der Waals surface area (Å²) in [5, 5.41) is 2.32. The molecule has 0 spiro atoms. The first-order valence-corrected chi connectivity index (χ1v) is 10.2. The smallest absolute Gasteiger partial charge is 0.316 e. The summed E-state index contributed by atoms with van der Waals surface area (Å²) in [4.78, 5) is 23.3. The van der Waals surface area contributed by atoms with Crippen LogP contribution in [-0.4, -0.2) is 49.4 Å². The topological polar surface area (TPSA) is 89.5 Å². The molecule has 0 radical (unpaired) electrons. The Morgan fingerprint density at radius 2 is 2.17 bits per heavy atom. The normalized spacial score (nSPS) is 19.0.